The molecule has 1 aromatic heterocycles. The maximum atomic E-state index is 13.2. The zero-order chi connectivity index (χ0) is 17.5. The van der Waals surface area contributed by atoms with Gasteiger partial charge in [0, 0.05) is 11.6 Å². The Bertz CT molecular complexity index is 1180. The van der Waals surface area contributed by atoms with Crippen molar-refractivity contribution in [2.45, 2.75) is 9.79 Å². The smallest absolute Gasteiger partial charge is 0.211 e. The third-order valence-electron chi connectivity index (χ3n) is 3.47. The standard InChI is InChI=1S/C16H8ClFN2O3S/c17-12-6-10(2-4-13(12)18)24(22,23)15-8-20-14-5-9(7-19)1-3-11(14)16(15)21/h1-6,8H,(H,20,21). The van der Waals surface area contributed by atoms with Crippen LogP contribution in [0.4, 0.5) is 4.39 Å². The van der Waals surface area contributed by atoms with Gasteiger partial charge in [-0.05, 0) is 36.4 Å². The van der Waals surface area contributed by atoms with E-state index in [1.165, 1.54) is 18.2 Å². The first kappa shape index (κ1) is 16.2. The summed E-state index contributed by atoms with van der Waals surface area (Å²) < 4.78 is 38.5. The first-order valence-corrected chi connectivity index (χ1v) is 8.46. The van der Waals surface area contributed by atoms with Crippen LogP contribution in [0.1, 0.15) is 5.56 Å². The van der Waals surface area contributed by atoms with Crippen LogP contribution in [0.5, 0.6) is 0 Å². The van der Waals surface area contributed by atoms with E-state index < -0.39 is 26.0 Å². The van der Waals surface area contributed by atoms with Crippen molar-refractivity contribution in [3.05, 3.63) is 69.2 Å². The molecule has 120 valence electrons. The lowest BCUT2D eigenvalue weighted by Gasteiger charge is -2.06. The van der Waals surface area contributed by atoms with Crippen LogP contribution in [0.2, 0.25) is 5.02 Å². The number of halogens is 2. The van der Waals surface area contributed by atoms with E-state index in [1.54, 1.807) is 0 Å². The molecule has 0 unspecified atom stereocenters. The number of sulfone groups is 1. The fraction of sp³-hybridized carbons (Fsp3) is 0. The molecule has 2 aromatic carbocycles. The lowest BCUT2D eigenvalue weighted by Crippen LogP contribution is -2.16. The predicted molar refractivity (Wildman–Crippen MR) is 86.1 cm³/mol. The Morgan fingerprint density at radius 1 is 1.17 bits per heavy atom. The van der Waals surface area contributed by atoms with Crippen LogP contribution in [0.3, 0.4) is 0 Å². The van der Waals surface area contributed by atoms with Gasteiger partial charge in [0.1, 0.15) is 10.7 Å². The van der Waals surface area contributed by atoms with Crippen molar-refractivity contribution >= 4 is 32.3 Å². The second-order valence-corrected chi connectivity index (χ2v) is 7.26. The van der Waals surface area contributed by atoms with Crippen molar-refractivity contribution < 1.29 is 12.8 Å². The molecular formula is C16H8ClFN2O3S. The SMILES string of the molecule is N#Cc1ccc2c(=O)c(S(=O)(=O)c3ccc(F)c(Cl)c3)c[nH]c2c1. The van der Waals surface area contributed by atoms with Gasteiger partial charge >= 0.3 is 0 Å². The Kier molecular flexibility index (Phi) is 3.87. The van der Waals surface area contributed by atoms with Gasteiger partial charge in [-0.1, -0.05) is 11.6 Å². The second kappa shape index (κ2) is 5.74. The monoisotopic (exact) mass is 362 g/mol. The molecule has 3 rings (SSSR count). The molecule has 0 saturated heterocycles. The molecule has 0 radical (unpaired) electrons. The number of hydrogen-bond donors (Lipinski definition) is 1. The number of nitrogens with one attached hydrogen (secondary N) is 1. The summed E-state index contributed by atoms with van der Waals surface area (Å²) in [7, 11) is -4.18. The highest BCUT2D eigenvalue weighted by Gasteiger charge is 2.23. The van der Waals surface area contributed by atoms with Gasteiger partial charge < -0.3 is 4.98 Å². The highest BCUT2D eigenvalue weighted by atomic mass is 35.5. The normalized spacial score (nSPS) is 11.4. The van der Waals surface area contributed by atoms with E-state index in [0.29, 0.717) is 11.1 Å². The fourth-order valence-electron chi connectivity index (χ4n) is 2.24. The molecule has 8 heteroatoms. The number of benzene rings is 2. The van der Waals surface area contributed by atoms with E-state index in [9.17, 15) is 17.6 Å². The highest BCUT2D eigenvalue weighted by Crippen LogP contribution is 2.24. The molecule has 0 fully saturated rings. The number of nitrogens with zero attached hydrogens (tertiary/aromatic N) is 1. The number of aromatic nitrogens is 1. The van der Waals surface area contributed by atoms with Gasteiger partial charge in [0.25, 0.3) is 0 Å². The van der Waals surface area contributed by atoms with E-state index in [-0.39, 0.29) is 15.3 Å². The molecule has 0 amide bonds. The number of rotatable bonds is 2. The van der Waals surface area contributed by atoms with E-state index >= 15 is 0 Å². The van der Waals surface area contributed by atoms with Gasteiger partial charge in [-0.3, -0.25) is 4.79 Å². The summed E-state index contributed by atoms with van der Waals surface area (Å²) in [4.78, 5) is 14.4. The molecule has 0 spiro atoms. The minimum Gasteiger partial charge on any atom is -0.360 e. The summed E-state index contributed by atoms with van der Waals surface area (Å²) in [5, 5.41) is 8.64. The Balaban J connectivity index is 2.25. The third kappa shape index (κ3) is 2.56. The molecular weight excluding hydrogens is 355 g/mol. The Hall–Kier alpha value is -2.69. The molecule has 0 aliphatic heterocycles. The van der Waals surface area contributed by atoms with E-state index in [4.69, 9.17) is 16.9 Å². The Morgan fingerprint density at radius 2 is 1.92 bits per heavy atom. The van der Waals surface area contributed by atoms with Crippen LogP contribution < -0.4 is 5.43 Å². The average Bonchev–Trinajstić information content (AvgIpc) is 2.56. The van der Waals surface area contributed by atoms with Gasteiger partial charge in [0.2, 0.25) is 15.3 Å². The molecule has 1 N–H and O–H groups in total. The maximum Gasteiger partial charge on any atom is 0.211 e. The van der Waals surface area contributed by atoms with Gasteiger partial charge in [0.15, 0.2) is 0 Å². The molecule has 0 saturated carbocycles. The van der Waals surface area contributed by atoms with Crippen LogP contribution >= 0.6 is 11.6 Å². The van der Waals surface area contributed by atoms with Crippen molar-refractivity contribution in [2.24, 2.45) is 0 Å². The summed E-state index contributed by atoms with van der Waals surface area (Å²) in [6.45, 7) is 0. The Morgan fingerprint density at radius 3 is 2.58 bits per heavy atom. The summed E-state index contributed by atoms with van der Waals surface area (Å²) in [5.74, 6) is -0.757. The fourth-order valence-corrected chi connectivity index (χ4v) is 3.83. The van der Waals surface area contributed by atoms with Crippen LogP contribution in [-0.4, -0.2) is 13.4 Å². The number of nitriles is 1. The topological polar surface area (TPSA) is 90.8 Å². The molecule has 1 heterocycles. The lowest BCUT2D eigenvalue weighted by molar-refractivity contribution is 0.594. The summed E-state index contributed by atoms with van der Waals surface area (Å²) in [6.07, 6.45) is 1.05. The molecule has 5 nitrogen and oxygen atoms in total. The minimum absolute atomic E-state index is 0.128. The molecule has 0 aliphatic carbocycles. The number of aromatic amines is 1. The van der Waals surface area contributed by atoms with Crippen molar-refractivity contribution in [1.82, 2.24) is 4.98 Å². The minimum atomic E-state index is -4.18. The second-order valence-electron chi connectivity index (χ2n) is 4.93. The number of H-pyrrole nitrogens is 1. The highest BCUT2D eigenvalue weighted by molar-refractivity contribution is 7.91. The average molecular weight is 363 g/mol. The molecule has 24 heavy (non-hydrogen) atoms. The van der Waals surface area contributed by atoms with E-state index in [1.807, 2.05) is 6.07 Å². The summed E-state index contributed by atoms with van der Waals surface area (Å²) in [5.41, 5.74) is -0.0390. The molecule has 0 bridgehead atoms. The zero-order valence-electron chi connectivity index (χ0n) is 11.9. The quantitative estimate of drug-likeness (QED) is 0.709. The largest absolute Gasteiger partial charge is 0.360 e. The van der Waals surface area contributed by atoms with Gasteiger partial charge in [-0.2, -0.15) is 5.26 Å². The third-order valence-corrected chi connectivity index (χ3v) is 5.51. The first-order chi connectivity index (χ1) is 11.3. The first-order valence-electron chi connectivity index (χ1n) is 6.60. The van der Waals surface area contributed by atoms with Gasteiger partial charge in [-0.15, -0.1) is 0 Å². The maximum absolute atomic E-state index is 13.2. The van der Waals surface area contributed by atoms with Gasteiger partial charge in [0.05, 0.1) is 27.1 Å². The van der Waals surface area contributed by atoms with Crippen molar-refractivity contribution in [2.75, 3.05) is 0 Å². The van der Waals surface area contributed by atoms with Crippen molar-refractivity contribution in [3.8, 4) is 6.07 Å². The number of fused-ring (bicyclic) bond motifs is 1. The van der Waals surface area contributed by atoms with Crippen LogP contribution in [0.25, 0.3) is 10.9 Å². The number of hydrogen-bond acceptors (Lipinski definition) is 4. The summed E-state index contributed by atoms with van der Waals surface area (Å²) in [6, 6.07) is 9.09. The van der Waals surface area contributed by atoms with Crippen molar-refractivity contribution in [3.63, 3.8) is 0 Å². The summed E-state index contributed by atoms with van der Waals surface area (Å²) >= 11 is 5.62. The molecule has 0 aliphatic rings. The van der Waals surface area contributed by atoms with Crippen molar-refractivity contribution in [1.29, 1.82) is 5.26 Å². The molecule has 0 atom stereocenters. The Labute approximate surface area is 140 Å². The van der Waals surface area contributed by atoms with Crippen LogP contribution in [0.15, 0.2) is 57.2 Å². The lowest BCUT2D eigenvalue weighted by atomic mass is 10.1. The van der Waals surface area contributed by atoms with E-state index in [2.05, 4.69) is 4.98 Å². The van der Waals surface area contributed by atoms with Gasteiger partial charge in [-0.25, -0.2) is 12.8 Å². The molecule has 3 aromatic rings. The van der Waals surface area contributed by atoms with Crippen LogP contribution in [-0.2, 0) is 9.84 Å². The van der Waals surface area contributed by atoms with Crippen LogP contribution in [0, 0.1) is 17.1 Å². The van der Waals surface area contributed by atoms with E-state index in [0.717, 1.165) is 24.4 Å². The zero-order valence-corrected chi connectivity index (χ0v) is 13.5. The predicted octanol–water partition coefficient (Wildman–Crippen LogP) is 3.03. The number of pyridine rings is 1.